The first-order chi connectivity index (χ1) is 9.97. The lowest BCUT2D eigenvalue weighted by molar-refractivity contribution is 0.0698. The van der Waals surface area contributed by atoms with Crippen molar-refractivity contribution in [3.05, 3.63) is 46.8 Å². The summed E-state index contributed by atoms with van der Waals surface area (Å²) in [6.07, 6.45) is 0. The van der Waals surface area contributed by atoms with Gasteiger partial charge in [-0.3, -0.25) is 4.79 Å². The summed E-state index contributed by atoms with van der Waals surface area (Å²) in [6, 6.07) is 6.75. The number of urea groups is 1. The summed E-state index contributed by atoms with van der Waals surface area (Å²) in [4.78, 5) is 33.6. The van der Waals surface area contributed by atoms with Gasteiger partial charge in [-0.25, -0.2) is 9.59 Å². The van der Waals surface area contributed by atoms with Crippen LogP contribution in [0.3, 0.4) is 0 Å². The number of thiophene rings is 1. The molecule has 0 spiro atoms. The van der Waals surface area contributed by atoms with Gasteiger partial charge in [0.1, 0.15) is 5.00 Å². The predicted octanol–water partition coefficient (Wildman–Crippen LogP) is 2.19. The molecule has 1 heterocycles. The van der Waals surface area contributed by atoms with Gasteiger partial charge in [0, 0.05) is 11.3 Å². The van der Waals surface area contributed by atoms with Crippen LogP contribution in [0.2, 0.25) is 0 Å². The average molecular weight is 305 g/mol. The van der Waals surface area contributed by atoms with E-state index in [9.17, 15) is 14.4 Å². The van der Waals surface area contributed by atoms with E-state index in [4.69, 9.17) is 10.8 Å². The molecular formula is C13H11N3O4S. The first kappa shape index (κ1) is 14.5. The molecule has 2 rings (SSSR count). The number of hydrogen-bond donors (Lipinski definition) is 4. The molecule has 0 aliphatic carbocycles. The van der Waals surface area contributed by atoms with Crippen LogP contribution in [0.25, 0.3) is 0 Å². The number of hydrogen-bond acceptors (Lipinski definition) is 4. The molecule has 8 heteroatoms. The van der Waals surface area contributed by atoms with Crippen molar-refractivity contribution in [1.82, 2.24) is 0 Å². The molecule has 0 bridgehead atoms. The molecular weight excluding hydrogens is 294 g/mol. The van der Waals surface area contributed by atoms with Gasteiger partial charge in [-0.15, -0.1) is 11.3 Å². The van der Waals surface area contributed by atoms with Gasteiger partial charge < -0.3 is 21.5 Å². The highest BCUT2D eigenvalue weighted by Gasteiger charge is 2.14. The molecule has 2 aromatic rings. The molecule has 0 saturated carbocycles. The van der Waals surface area contributed by atoms with Gasteiger partial charge in [-0.05, 0) is 35.7 Å². The third-order valence-corrected chi connectivity index (χ3v) is 3.37. The third kappa shape index (κ3) is 3.57. The molecule has 3 amide bonds. The normalized spacial score (nSPS) is 9.90. The Morgan fingerprint density at radius 2 is 1.71 bits per heavy atom. The fourth-order valence-corrected chi connectivity index (χ4v) is 2.37. The summed E-state index contributed by atoms with van der Waals surface area (Å²) in [5.41, 5.74) is 5.80. The second kappa shape index (κ2) is 6.06. The minimum absolute atomic E-state index is 0.0420. The van der Waals surface area contributed by atoms with Crippen LogP contribution in [0, 0.1) is 0 Å². The molecule has 0 unspecified atom stereocenters. The van der Waals surface area contributed by atoms with E-state index in [1.165, 1.54) is 30.3 Å². The number of nitrogens with two attached hydrogens (primary N) is 1. The number of carboxylic acid groups (broad SMARTS) is 1. The summed E-state index contributed by atoms with van der Waals surface area (Å²) >= 11 is 1.13. The molecule has 5 N–H and O–H groups in total. The van der Waals surface area contributed by atoms with Crippen molar-refractivity contribution in [1.29, 1.82) is 0 Å². The van der Waals surface area contributed by atoms with E-state index in [0.29, 0.717) is 11.3 Å². The Hall–Kier alpha value is -2.87. The van der Waals surface area contributed by atoms with E-state index in [1.807, 2.05) is 0 Å². The fourth-order valence-electron chi connectivity index (χ4n) is 1.60. The van der Waals surface area contributed by atoms with Crippen molar-refractivity contribution in [3.8, 4) is 0 Å². The van der Waals surface area contributed by atoms with Gasteiger partial charge in [0.15, 0.2) is 0 Å². The molecule has 1 aromatic heterocycles. The number of carbonyl (C=O) groups is 3. The first-order valence-corrected chi connectivity index (χ1v) is 6.64. The van der Waals surface area contributed by atoms with Crippen molar-refractivity contribution >= 4 is 39.9 Å². The second-order valence-electron chi connectivity index (χ2n) is 3.99. The van der Waals surface area contributed by atoms with Crippen LogP contribution in [0.1, 0.15) is 20.7 Å². The minimum Gasteiger partial charge on any atom is -0.478 e. The number of carboxylic acids is 1. The zero-order chi connectivity index (χ0) is 15.4. The lowest BCUT2D eigenvalue weighted by Gasteiger charge is -2.06. The van der Waals surface area contributed by atoms with Gasteiger partial charge in [-0.2, -0.15) is 0 Å². The number of rotatable bonds is 4. The molecule has 0 saturated heterocycles. The Morgan fingerprint density at radius 1 is 1.05 bits per heavy atom. The van der Waals surface area contributed by atoms with Gasteiger partial charge >= 0.3 is 12.0 Å². The van der Waals surface area contributed by atoms with Gasteiger partial charge in [0.2, 0.25) is 0 Å². The molecule has 0 aliphatic rings. The van der Waals surface area contributed by atoms with Crippen molar-refractivity contribution in [2.75, 3.05) is 10.6 Å². The largest absolute Gasteiger partial charge is 0.478 e. The summed E-state index contributed by atoms with van der Waals surface area (Å²) in [7, 11) is 0. The highest BCUT2D eigenvalue weighted by molar-refractivity contribution is 7.14. The van der Waals surface area contributed by atoms with Crippen LogP contribution in [-0.2, 0) is 0 Å². The summed E-state index contributed by atoms with van der Waals surface area (Å²) in [6.45, 7) is 0. The molecule has 0 radical (unpaired) electrons. The van der Waals surface area contributed by atoms with Gasteiger partial charge in [-0.1, -0.05) is 0 Å². The Kier molecular flexibility index (Phi) is 4.19. The monoisotopic (exact) mass is 305 g/mol. The van der Waals surface area contributed by atoms with Crippen molar-refractivity contribution in [2.24, 2.45) is 5.73 Å². The first-order valence-electron chi connectivity index (χ1n) is 5.76. The number of carbonyl (C=O) groups excluding carboxylic acids is 2. The number of amides is 3. The molecule has 1 aromatic carbocycles. The van der Waals surface area contributed by atoms with Gasteiger partial charge in [0.25, 0.3) is 5.91 Å². The number of benzene rings is 1. The SMILES string of the molecule is NC(=O)Nc1ccc(C(=O)Nc2sccc2C(=O)O)cc1. The van der Waals surface area contributed by atoms with Crippen LogP contribution in [0.5, 0.6) is 0 Å². The molecule has 7 nitrogen and oxygen atoms in total. The summed E-state index contributed by atoms with van der Waals surface area (Å²) in [5, 5.41) is 15.7. The fraction of sp³-hybridized carbons (Fsp3) is 0. The summed E-state index contributed by atoms with van der Waals surface area (Å²) in [5.74, 6) is -1.54. The predicted molar refractivity (Wildman–Crippen MR) is 78.9 cm³/mol. The maximum Gasteiger partial charge on any atom is 0.338 e. The van der Waals surface area contributed by atoms with E-state index in [0.717, 1.165) is 11.3 Å². The highest BCUT2D eigenvalue weighted by atomic mass is 32.1. The molecule has 0 aliphatic heterocycles. The molecule has 0 fully saturated rings. The Morgan fingerprint density at radius 3 is 2.29 bits per heavy atom. The molecule has 0 atom stereocenters. The zero-order valence-electron chi connectivity index (χ0n) is 10.6. The number of aromatic carboxylic acids is 1. The minimum atomic E-state index is -1.10. The van der Waals surface area contributed by atoms with Gasteiger partial charge in [0.05, 0.1) is 5.56 Å². The third-order valence-electron chi connectivity index (χ3n) is 2.54. The second-order valence-corrected chi connectivity index (χ2v) is 4.91. The van der Waals surface area contributed by atoms with Crippen molar-refractivity contribution in [3.63, 3.8) is 0 Å². The van der Waals surface area contributed by atoms with Crippen LogP contribution in [0.15, 0.2) is 35.7 Å². The van der Waals surface area contributed by atoms with Crippen LogP contribution in [-0.4, -0.2) is 23.0 Å². The zero-order valence-corrected chi connectivity index (χ0v) is 11.4. The van der Waals surface area contributed by atoms with Crippen LogP contribution < -0.4 is 16.4 Å². The quantitative estimate of drug-likeness (QED) is 0.691. The average Bonchev–Trinajstić information content (AvgIpc) is 2.87. The lowest BCUT2D eigenvalue weighted by atomic mass is 10.2. The number of anilines is 2. The lowest BCUT2D eigenvalue weighted by Crippen LogP contribution is -2.19. The Bertz CT molecular complexity index is 694. The van der Waals surface area contributed by atoms with Crippen LogP contribution in [0.4, 0.5) is 15.5 Å². The Labute approximate surface area is 123 Å². The Balaban J connectivity index is 2.11. The van der Waals surface area contributed by atoms with E-state index < -0.39 is 17.9 Å². The number of nitrogens with one attached hydrogen (secondary N) is 2. The maximum absolute atomic E-state index is 12.0. The maximum atomic E-state index is 12.0. The highest BCUT2D eigenvalue weighted by Crippen LogP contribution is 2.24. The van der Waals surface area contributed by atoms with Crippen LogP contribution >= 0.6 is 11.3 Å². The van der Waals surface area contributed by atoms with Crippen molar-refractivity contribution in [2.45, 2.75) is 0 Å². The smallest absolute Gasteiger partial charge is 0.338 e. The van der Waals surface area contributed by atoms with E-state index >= 15 is 0 Å². The van der Waals surface area contributed by atoms with E-state index in [2.05, 4.69) is 10.6 Å². The number of primary amides is 1. The van der Waals surface area contributed by atoms with Crippen molar-refractivity contribution < 1.29 is 19.5 Å². The summed E-state index contributed by atoms with van der Waals surface area (Å²) < 4.78 is 0. The standard InChI is InChI=1S/C13H11N3O4S/c14-13(20)15-8-3-1-7(2-4-8)10(17)16-11-9(12(18)19)5-6-21-11/h1-6H,(H,16,17)(H,18,19)(H3,14,15,20). The molecule has 21 heavy (non-hydrogen) atoms. The van der Waals surface area contributed by atoms with E-state index in [1.54, 1.807) is 5.38 Å². The van der Waals surface area contributed by atoms with E-state index in [-0.39, 0.29) is 10.6 Å². The topological polar surface area (TPSA) is 122 Å². The molecule has 108 valence electrons.